The van der Waals surface area contributed by atoms with Crippen LogP contribution in [0, 0.1) is 5.92 Å². The number of aryl methyl sites for hydroxylation is 1. The Balaban J connectivity index is 2.79. The Morgan fingerprint density at radius 2 is 2.00 bits per heavy atom. The lowest BCUT2D eigenvalue weighted by Gasteiger charge is -2.22. The van der Waals surface area contributed by atoms with Gasteiger partial charge in [0.05, 0.1) is 5.69 Å². The SMILES string of the molecule is CCCn1nccc1C(N)C(CC)CC. The number of hydrogen-bond acceptors (Lipinski definition) is 2. The highest BCUT2D eigenvalue weighted by Gasteiger charge is 2.19. The van der Waals surface area contributed by atoms with E-state index in [1.54, 1.807) is 0 Å². The third kappa shape index (κ3) is 2.81. The van der Waals surface area contributed by atoms with Crippen molar-refractivity contribution in [2.24, 2.45) is 11.7 Å². The van der Waals surface area contributed by atoms with Crippen molar-refractivity contribution in [3.8, 4) is 0 Å². The van der Waals surface area contributed by atoms with Crippen LogP contribution in [0.5, 0.6) is 0 Å². The van der Waals surface area contributed by atoms with Crippen molar-refractivity contribution >= 4 is 0 Å². The molecule has 3 nitrogen and oxygen atoms in total. The molecule has 0 aliphatic rings. The van der Waals surface area contributed by atoms with Gasteiger partial charge in [0.2, 0.25) is 0 Å². The topological polar surface area (TPSA) is 43.8 Å². The minimum atomic E-state index is 0.133. The molecule has 0 spiro atoms. The molecule has 15 heavy (non-hydrogen) atoms. The Hall–Kier alpha value is -0.830. The van der Waals surface area contributed by atoms with E-state index in [4.69, 9.17) is 5.73 Å². The molecule has 0 saturated heterocycles. The Bertz CT molecular complexity index is 276. The Morgan fingerprint density at radius 3 is 2.53 bits per heavy atom. The van der Waals surface area contributed by atoms with Crippen LogP contribution in [0.2, 0.25) is 0 Å². The van der Waals surface area contributed by atoms with Crippen molar-refractivity contribution in [3.05, 3.63) is 18.0 Å². The first-order valence-electron chi connectivity index (χ1n) is 6.01. The van der Waals surface area contributed by atoms with Crippen molar-refractivity contribution < 1.29 is 0 Å². The van der Waals surface area contributed by atoms with Crippen LogP contribution in [0.15, 0.2) is 12.3 Å². The number of rotatable bonds is 6. The molecule has 2 N–H and O–H groups in total. The van der Waals surface area contributed by atoms with Gasteiger partial charge in [0.25, 0.3) is 0 Å². The van der Waals surface area contributed by atoms with Crippen LogP contribution < -0.4 is 5.73 Å². The van der Waals surface area contributed by atoms with E-state index in [1.807, 2.05) is 10.9 Å². The second-order valence-corrected chi connectivity index (χ2v) is 4.08. The zero-order valence-corrected chi connectivity index (χ0v) is 10.1. The van der Waals surface area contributed by atoms with E-state index in [0.29, 0.717) is 5.92 Å². The lowest BCUT2D eigenvalue weighted by atomic mass is 9.92. The largest absolute Gasteiger partial charge is 0.322 e. The third-order valence-corrected chi connectivity index (χ3v) is 3.08. The number of nitrogens with zero attached hydrogens (tertiary/aromatic N) is 2. The summed E-state index contributed by atoms with van der Waals surface area (Å²) >= 11 is 0. The van der Waals surface area contributed by atoms with Gasteiger partial charge in [0, 0.05) is 18.8 Å². The summed E-state index contributed by atoms with van der Waals surface area (Å²) in [5, 5.41) is 4.31. The van der Waals surface area contributed by atoms with Crippen LogP contribution in [0.25, 0.3) is 0 Å². The molecular formula is C12H23N3. The molecule has 0 aromatic carbocycles. The predicted molar refractivity (Wildman–Crippen MR) is 63.5 cm³/mol. The van der Waals surface area contributed by atoms with Crippen LogP contribution in [-0.2, 0) is 6.54 Å². The molecule has 0 amide bonds. The Kier molecular flexibility index (Phi) is 4.82. The summed E-state index contributed by atoms with van der Waals surface area (Å²) in [6.07, 6.45) is 5.22. The Labute approximate surface area is 92.7 Å². The molecule has 0 aliphatic carbocycles. The van der Waals surface area contributed by atoms with E-state index >= 15 is 0 Å². The van der Waals surface area contributed by atoms with Gasteiger partial charge in [0.15, 0.2) is 0 Å². The summed E-state index contributed by atoms with van der Waals surface area (Å²) in [7, 11) is 0. The van der Waals surface area contributed by atoms with E-state index in [1.165, 1.54) is 5.69 Å². The zero-order valence-electron chi connectivity index (χ0n) is 10.1. The van der Waals surface area contributed by atoms with Gasteiger partial charge in [-0.05, 0) is 18.4 Å². The molecule has 1 aromatic rings. The highest BCUT2D eigenvalue weighted by atomic mass is 15.3. The van der Waals surface area contributed by atoms with Gasteiger partial charge in [-0.2, -0.15) is 5.10 Å². The second-order valence-electron chi connectivity index (χ2n) is 4.08. The van der Waals surface area contributed by atoms with Crippen molar-refractivity contribution in [1.82, 2.24) is 9.78 Å². The summed E-state index contributed by atoms with van der Waals surface area (Å²) in [5.41, 5.74) is 7.46. The maximum absolute atomic E-state index is 6.27. The first kappa shape index (κ1) is 12.2. The van der Waals surface area contributed by atoms with Gasteiger partial charge in [0.1, 0.15) is 0 Å². The van der Waals surface area contributed by atoms with Crippen LogP contribution in [0.3, 0.4) is 0 Å². The lowest BCUT2D eigenvalue weighted by molar-refractivity contribution is 0.380. The fourth-order valence-corrected chi connectivity index (χ4v) is 2.06. The van der Waals surface area contributed by atoms with E-state index in [2.05, 4.69) is 31.9 Å². The zero-order chi connectivity index (χ0) is 11.3. The predicted octanol–water partition coefficient (Wildman–Crippen LogP) is 2.73. The average molecular weight is 209 g/mol. The molecule has 0 aliphatic heterocycles. The van der Waals surface area contributed by atoms with Gasteiger partial charge in [-0.15, -0.1) is 0 Å². The van der Waals surface area contributed by atoms with Crippen LogP contribution in [0.1, 0.15) is 51.8 Å². The maximum atomic E-state index is 6.27. The van der Waals surface area contributed by atoms with Crippen LogP contribution in [-0.4, -0.2) is 9.78 Å². The van der Waals surface area contributed by atoms with Gasteiger partial charge in [-0.25, -0.2) is 0 Å². The molecule has 1 atom stereocenters. The summed E-state index contributed by atoms with van der Waals surface area (Å²) in [4.78, 5) is 0. The number of hydrogen-bond donors (Lipinski definition) is 1. The first-order valence-corrected chi connectivity index (χ1v) is 6.01. The maximum Gasteiger partial charge on any atom is 0.0554 e. The van der Waals surface area contributed by atoms with Crippen LogP contribution >= 0.6 is 0 Å². The van der Waals surface area contributed by atoms with Crippen molar-refractivity contribution in [2.45, 2.75) is 52.6 Å². The van der Waals surface area contributed by atoms with Gasteiger partial charge >= 0.3 is 0 Å². The molecule has 0 bridgehead atoms. The Morgan fingerprint density at radius 1 is 1.33 bits per heavy atom. The minimum absolute atomic E-state index is 0.133. The van der Waals surface area contributed by atoms with Crippen LogP contribution in [0.4, 0.5) is 0 Å². The fraction of sp³-hybridized carbons (Fsp3) is 0.750. The average Bonchev–Trinajstić information content (AvgIpc) is 2.68. The number of nitrogens with two attached hydrogens (primary N) is 1. The highest BCUT2D eigenvalue weighted by Crippen LogP contribution is 2.24. The highest BCUT2D eigenvalue weighted by molar-refractivity contribution is 5.07. The molecular weight excluding hydrogens is 186 g/mol. The molecule has 3 heteroatoms. The molecule has 0 fully saturated rings. The van der Waals surface area contributed by atoms with E-state index in [0.717, 1.165) is 25.8 Å². The standard InChI is InChI=1S/C12H23N3/c1-4-9-15-11(7-8-14-15)12(13)10(5-2)6-3/h7-8,10,12H,4-6,9,13H2,1-3H3. The van der Waals surface area contributed by atoms with E-state index < -0.39 is 0 Å². The molecule has 1 aromatic heterocycles. The number of aromatic nitrogens is 2. The second kappa shape index (κ2) is 5.91. The normalized spacial score (nSPS) is 13.4. The monoisotopic (exact) mass is 209 g/mol. The van der Waals surface area contributed by atoms with E-state index in [-0.39, 0.29) is 6.04 Å². The molecule has 1 rings (SSSR count). The molecule has 0 saturated carbocycles. The lowest BCUT2D eigenvalue weighted by Crippen LogP contribution is -2.24. The summed E-state index contributed by atoms with van der Waals surface area (Å²) in [6, 6.07) is 2.19. The minimum Gasteiger partial charge on any atom is -0.322 e. The smallest absolute Gasteiger partial charge is 0.0554 e. The van der Waals surface area contributed by atoms with Crippen molar-refractivity contribution in [1.29, 1.82) is 0 Å². The first-order chi connectivity index (χ1) is 7.24. The quantitative estimate of drug-likeness (QED) is 0.783. The third-order valence-electron chi connectivity index (χ3n) is 3.08. The summed E-state index contributed by atoms with van der Waals surface area (Å²) < 4.78 is 2.04. The molecule has 86 valence electrons. The summed E-state index contributed by atoms with van der Waals surface area (Å²) in [5.74, 6) is 0.567. The van der Waals surface area contributed by atoms with E-state index in [9.17, 15) is 0 Å². The summed E-state index contributed by atoms with van der Waals surface area (Å²) in [6.45, 7) is 7.54. The molecule has 1 unspecified atom stereocenters. The van der Waals surface area contributed by atoms with Gasteiger partial charge in [-0.3, -0.25) is 4.68 Å². The van der Waals surface area contributed by atoms with Gasteiger partial charge in [-0.1, -0.05) is 33.6 Å². The molecule has 1 heterocycles. The molecule has 0 radical (unpaired) electrons. The fourth-order valence-electron chi connectivity index (χ4n) is 2.06. The van der Waals surface area contributed by atoms with Gasteiger partial charge < -0.3 is 5.73 Å². The van der Waals surface area contributed by atoms with Crippen molar-refractivity contribution in [2.75, 3.05) is 0 Å². The van der Waals surface area contributed by atoms with Crippen molar-refractivity contribution in [3.63, 3.8) is 0 Å².